The number of carbonyl (C=O) groups is 1. The van der Waals surface area contributed by atoms with Gasteiger partial charge in [-0.1, -0.05) is 38.1 Å². The molecule has 1 unspecified atom stereocenters. The summed E-state index contributed by atoms with van der Waals surface area (Å²) < 4.78 is 4.65. The van der Waals surface area contributed by atoms with E-state index in [1.165, 1.54) is 24.7 Å². The molecule has 1 atom stereocenters. The minimum absolute atomic E-state index is 0.186. The maximum absolute atomic E-state index is 11.1. The molecule has 0 radical (unpaired) electrons. The number of methoxy groups -OCH3 is 1. The monoisotopic (exact) mass is 263 g/mol. The number of esters is 1. The van der Waals surface area contributed by atoms with E-state index < -0.39 is 0 Å². The number of likely N-dealkylation sites (N-methyl/N-ethyl adjacent to an activating group) is 1. The average molecular weight is 263 g/mol. The Morgan fingerprint density at radius 2 is 1.95 bits per heavy atom. The van der Waals surface area contributed by atoms with Gasteiger partial charge in [0.05, 0.1) is 13.7 Å². The molecule has 0 saturated carbocycles. The van der Waals surface area contributed by atoms with Gasteiger partial charge in [-0.25, -0.2) is 0 Å². The molecule has 1 aromatic carbocycles. The lowest BCUT2D eigenvalue weighted by molar-refractivity contribution is -0.141. The van der Waals surface area contributed by atoms with Crippen molar-refractivity contribution in [2.45, 2.75) is 32.6 Å². The highest BCUT2D eigenvalue weighted by atomic mass is 16.5. The number of benzene rings is 1. The van der Waals surface area contributed by atoms with Crippen LogP contribution in [0.25, 0.3) is 0 Å². The van der Waals surface area contributed by atoms with Crippen molar-refractivity contribution in [3.8, 4) is 0 Å². The van der Waals surface area contributed by atoms with E-state index in [4.69, 9.17) is 0 Å². The van der Waals surface area contributed by atoms with Crippen molar-refractivity contribution in [1.82, 2.24) is 4.90 Å². The molecular formula is C16H25NO2. The van der Waals surface area contributed by atoms with Crippen LogP contribution in [0.4, 0.5) is 0 Å². The summed E-state index contributed by atoms with van der Waals surface area (Å²) in [6, 6.07) is 8.80. The Labute approximate surface area is 116 Å². The summed E-state index contributed by atoms with van der Waals surface area (Å²) in [5, 5.41) is 0. The Morgan fingerprint density at radius 1 is 1.32 bits per heavy atom. The highest BCUT2D eigenvalue weighted by Crippen LogP contribution is 2.18. The summed E-state index contributed by atoms with van der Waals surface area (Å²) in [6.07, 6.45) is 2.12. The van der Waals surface area contributed by atoms with E-state index >= 15 is 0 Å². The molecule has 0 bridgehead atoms. The summed E-state index contributed by atoms with van der Waals surface area (Å²) in [6.45, 7) is 5.67. The molecule has 0 saturated heterocycles. The topological polar surface area (TPSA) is 29.5 Å². The molecule has 0 fully saturated rings. The van der Waals surface area contributed by atoms with Gasteiger partial charge in [-0.2, -0.15) is 0 Å². The lowest BCUT2D eigenvalue weighted by atomic mass is 9.97. The number of hydrogen-bond acceptors (Lipinski definition) is 3. The number of rotatable bonds is 7. The molecule has 0 aliphatic carbocycles. The normalized spacial score (nSPS) is 12.5. The van der Waals surface area contributed by atoms with Crippen molar-refractivity contribution in [3.05, 3.63) is 35.4 Å². The third-order valence-corrected chi connectivity index (χ3v) is 3.57. The third kappa shape index (κ3) is 5.43. The van der Waals surface area contributed by atoms with Crippen molar-refractivity contribution in [3.63, 3.8) is 0 Å². The van der Waals surface area contributed by atoms with Gasteiger partial charge in [0.1, 0.15) is 0 Å². The molecule has 0 N–H and O–H groups in total. The van der Waals surface area contributed by atoms with Crippen LogP contribution in [-0.4, -0.2) is 38.1 Å². The van der Waals surface area contributed by atoms with Crippen LogP contribution in [0.3, 0.4) is 0 Å². The molecule has 1 aromatic rings. The minimum atomic E-state index is -0.186. The molecule has 0 aromatic heterocycles. The van der Waals surface area contributed by atoms with Crippen molar-refractivity contribution in [1.29, 1.82) is 0 Å². The summed E-state index contributed by atoms with van der Waals surface area (Å²) in [7, 11) is 3.36. The van der Waals surface area contributed by atoms with Crippen LogP contribution in [0.2, 0.25) is 0 Å². The fourth-order valence-electron chi connectivity index (χ4n) is 1.93. The van der Waals surface area contributed by atoms with Crippen LogP contribution in [0.5, 0.6) is 0 Å². The van der Waals surface area contributed by atoms with Gasteiger partial charge in [0.25, 0.3) is 0 Å². The zero-order valence-electron chi connectivity index (χ0n) is 12.5. The maximum atomic E-state index is 11.1. The molecule has 1 rings (SSSR count). The second-order valence-electron chi connectivity index (χ2n) is 5.11. The summed E-state index contributed by atoms with van der Waals surface area (Å²) in [5.41, 5.74) is 2.71. The SMILES string of the molecule is CCC(C)c1ccc(CCN(C)CC(=O)OC)cc1. The maximum Gasteiger partial charge on any atom is 0.319 e. The molecule has 0 aliphatic heterocycles. The minimum Gasteiger partial charge on any atom is -0.468 e. The molecule has 0 aliphatic rings. The van der Waals surface area contributed by atoms with Gasteiger partial charge in [0.15, 0.2) is 0 Å². The van der Waals surface area contributed by atoms with E-state index in [2.05, 4.69) is 42.8 Å². The standard InChI is InChI=1S/C16H25NO2/c1-5-13(2)15-8-6-14(7-9-15)10-11-17(3)12-16(18)19-4/h6-9,13H,5,10-12H2,1-4H3. The van der Waals surface area contributed by atoms with E-state index in [0.29, 0.717) is 12.5 Å². The number of nitrogens with zero attached hydrogens (tertiary/aromatic N) is 1. The van der Waals surface area contributed by atoms with Gasteiger partial charge < -0.3 is 4.74 Å². The Kier molecular flexibility index (Phi) is 6.57. The van der Waals surface area contributed by atoms with Crippen LogP contribution in [0.1, 0.15) is 37.3 Å². The summed E-state index contributed by atoms with van der Waals surface area (Å²) in [5.74, 6) is 0.436. The highest BCUT2D eigenvalue weighted by molar-refractivity contribution is 5.71. The Hall–Kier alpha value is -1.35. The first kappa shape index (κ1) is 15.7. The van der Waals surface area contributed by atoms with Gasteiger partial charge in [-0.15, -0.1) is 0 Å². The molecule has 0 spiro atoms. The lowest BCUT2D eigenvalue weighted by Crippen LogP contribution is -2.28. The lowest BCUT2D eigenvalue weighted by Gasteiger charge is -2.15. The quantitative estimate of drug-likeness (QED) is 0.708. The van der Waals surface area contributed by atoms with Crippen LogP contribution in [0.15, 0.2) is 24.3 Å². The molecule has 0 heterocycles. The molecule has 106 valence electrons. The van der Waals surface area contributed by atoms with E-state index in [9.17, 15) is 4.79 Å². The van der Waals surface area contributed by atoms with Gasteiger partial charge in [0.2, 0.25) is 0 Å². The van der Waals surface area contributed by atoms with Gasteiger partial charge in [-0.05, 0) is 36.9 Å². The first-order chi connectivity index (χ1) is 9.06. The molecule has 3 nitrogen and oxygen atoms in total. The zero-order valence-corrected chi connectivity index (χ0v) is 12.5. The van der Waals surface area contributed by atoms with E-state index in [1.54, 1.807) is 0 Å². The van der Waals surface area contributed by atoms with Gasteiger partial charge >= 0.3 is 5.97 Å². The fraction of sp³-hybridized carbons (Fsp3) is 0.562. The highest BCUT2D eigenvalue weighted by Gasteiger charge is 2.06. The van der Waals surface area contributed by atoms with Crippen LogP contribution < -0.4 is 0 Å². The number of carbonyl (C=O) groups excluding carboxylic acids is 1. The van der Waals surface area contributed by atoms with E-state index in [-0.39, 0.29) is 5.97 Å². The van der Waals surface area contributed by atoms with Crippen molar-refractivity contribution >= 4 is 5.97 Å². The van der Waals surface area contributed by atoms with E-state index in [1.807, 2.05) is 11.9 Å². The molecule has 0 amide bonds. The van der Waals surface area contributed by atoms with Crippen molar-refractivity contribution < 1.29 is 9.53 Å². The first-order valence-electron chi connectivity index (χ1n) is 6.91. The van der Waals surface area contributed by atoms with Gasteiger partial charge in [0, 0.05) is 6.54 Å². The molecule has 19 heavy (non-hydrogen) atoms. The predicted octanol–water partition coefficient (Wildman–Crippen LogP) is 2.85. The van der Waals surface area contributed by atoms with Gasteiger partial charge in [-0.3, -0.25) is 9.69 Å². The smallest absolute Gasteiger partial charge is 0.319 e. The van der Waals surface area contributed by atoms with Crippen molar-refractivity contribution in [2.24, 2.45) is 0 Å². The van der Waals surface area contributed by atoms with Crippen LogP contribution in [-0.2, 0) is 16.0 Å². The second-order valence-corrected chi connectivity index (χ2v) is 5.11. The molecular weight excluding hydrogens is 238 g/mol. The van der Waals surface area contributed by atoms with Crippen LogP contribution >= 0.6 is 0 Å². The van der Waals surface area contributed by atoms with E-state index in [0.717, 1.165) is 13.0 Å². The van der Waals surface area contributed by atoms with Crippen LogP contribution in [0, 0.1) is 0 Å². The zero-order chi connectivity index (χ0) is 14.3. The number of hydrogen-bond donors (Lipinski definition) is 0. The summed E-state index contributed by atoms with van der Waals surface area (Å²) >= 11 is 0. The largest absolute Gasteiger partial charge is 0.468 e. The average Bonchev–Trinajstić information content (AvgIpc) is 2.44. The summed E-state index contributed by atoms with van der Waals surface area (Å²) in [4.78, 5) is 13.1. The second kappa shape index (κ2) is 7.95. The predicted molar refractivity (Wildman–Crippen MR) is 78.4 cm³/mol. The van der Waals surface area contributed by atoms with Crippen molar-refractivity contribution in [2.75, 3.05) is 27.2 Å². The Balaban J connectivity index is 2.43. The Morgan fingerprint density at radius 3 is 2.47 bits per heavy atom. The molecule has 3 heteroatoms. The third-order valence-electron chi connectivity index (χ3n) is 3.57. The number of ether oxygens (including phenoxy) is 1. The first-order valence-corrected chi connectivity index (χ1v) is 6.91. The Bertz CT molecular complexity index is 386. The fourth-order valence-corrected chi connectivity index (χ4v) is 1.93.